The fourth-order valence-corrected chi connectivity index (χ4v) is 2.79. The summed E-state index contributed by atoms with van der Waals surface area (Å²) in [5, 5.41) is 12.1. The van der Waals surface area contributed by atoms with Gasteiger partial charge in [0.15, 0.2) is 5.13 Å². The number of carboxylic acid groups (broad SMARTS) is 1. The molecule has 2 heterocycles. The summed E-state index contributed by atoms with van der Waals surface area (Å²) in [6, 6.07) is -0.767. The smallest absolute Gasteiger partial charge is 0.324 e. The highest BCUT2D eigenvalue weighted by Crippen LogP contribution is 2.22. The summed E-state index contributed by atoms with van der Waals surface area (Å²) in [6.07, 6.45) is -0.122. The molecule has 0 saturated carbocycles. The van der Waals surface area contributed by atoms with Crippen LogP contribution >= 0.6 is 11.3 Å². The number of aliphatic carboxylic acids is 1. The summed E-state index contributed by atoms with van der Waals surface area (Å²) >= 11 is 1.40. The first-order valence-corrected chi connectivity index (χ1v) is 7.10. The summed E-state index contributed by atoms with van der Waals surface area (Å²) in [5.74, 6) is -0.945. The molecular formula is C12H17N3O4S. The van der Waals surface area contributed by atoms with Crippen LogP contribution in [0.15, 0.2) is 0 Å². The molecule has 1 unspecified atom stereocenters. The van der Waals surface area contributed by atoms with Gasteiger partial charge >= 0.3 is 12.0 Å². The van der Waals surface area contributed by atoms with Gasteiger partial charge < -0.3 is 14.7 Å². The van der Waals surface area contributed by atoms with E-state index in [1.165, 1.54) is 16.2 Å². The first-order valence-electron chi connectivity index (χ1n) is 6.28. The minimum absolute atomic E-state index is 0.122. The lowest BCUT2D eigenvalue weighted by Gasteiger charge is -2.34. The van der Waals surface area contributed by atoms with Crippen molar-refractivity contribution in [3.8, 4) is 0 Å². The molecule has 1 atom stereocenters. The number of hydrogen-bond donors (Lipinski definition) is 2. The minimum atomic E-state index is -0.945. The topological polar surface area (TPSA) is 91.8 Å². The molecule has 1 aliphatic heterocycles. The summed E-state index contributed by atoms with van der Waals surface area (Å²) in [5.41, 5.74) is 0.884. The number of nitrogens with one attached hydrogen (secondary N) is 1. The highest BCUT2D eigenvalue weighted by Gasteiger charge is 2.29. The fourth-order valence-electron chi connectivity index (χ4n) is 1.98. The highest BCUT2D eigenvalue weighted by molar-refractivity contribution is 7.15. The molecule has 110 valence electrons. The van der Waals surface area contributed by atoms with Gasteiger partial charge in [-0.05, 0) is 13.8 Å². The highest BCUT2D eigenvalue weighted by atomic mass is 32.1. The number of thiazole rings is 1. The normalized spacial score (nSPS) is 18.9. The van der Waals surface area contributed by atoms with Gasteiger partial charge in [0.25, 0.3) is 0 Å². The molecule has 2 rings (SSSR count). The molecular weight excluding hydrogens is 282 g/mol. The first-order chi connectivity index (χ1) is 9.47. The Balaban J connectivity index is 2.03. The number of carboxylic acids is 1. The zero-order valence-corrected chi connectivity index (χ0v) is 12.2. The number of morpholine rings is 1. The molecule has 20 heavy (non-hydrogen) atoms. The summed E-state index contributed by atoms with van der Waals surface area (Å²) in [4.78, 5) is 29.8. The molecule has 2 amide bonds. The average molecular weight is 299 g/mol. The molecule has 0 spiro atoms. The van der Waals surface area contributed by atoms with Crippen molar-refractivity contribution in [3.05, 3.63) is 10.6 Å². The molecule has 2 N–H and O–H groups in total. The van der Waals surface area contributed by atoms with Crippen molar-refractivity contribution in [1.29, 1.82) is 0 Å². The van der Waals surface area contributed by atoms with Crippen LogP contribution in [-0.4, -0.2) is 52.8 Å². The molecule has 1 aromatic heterocycles. The van der Waals surface area contributed by atoms with Crippen molar-refractivity contribution in [2.45, 2.75) is 26.3 Å². The molecule has 0 aromatic carbocycles. The Morgan fingerprint density at radius 3 is 2.90 bits per heavy atom. The summed E-state index contributed by atoms with van der Waals surface area (Å²) in [7, 11) is 0. The van der Waals surface area contributed by atoms with E-state index in [-0.39, 0.29) is 19.1 Å². The van der Waals surface area contributed by atoms with E-state index >= 15 is 0 Å². The Labute approximate surface area is 120 Å². The Hall–Kier alpha value is -1.67. The van der Waals surface area contributed by atoms with E-state index in [1.54, 1.807) is 0 Å². The molecule has 0 aliphatic carbocycles. The number of carbonyl (C=O) groups excluding carboxylic acids is 1. The monoisotopic (exact) mass is 299 g/mol. The molecule has 0 radical (unpaired) electrons. The van der Waals surface area contributed by atoms with Crippen molar-refractivity contribution in [1.82, 2.24) is 9.88 Å². The zero-order chi connectivity index (χ0) is 14.7. The average Bonchev–Trinajstić information content (AvgIpc) is 2.68. The van der Waals surface area contributed by atoms with E-state index in [0.717, 1.165) is 10.6 Å². The third kappa shape index (κ3) is 3.45. The van der Waals surface area contributed by atoms with Crippen LogP contribution < -0.4 is 5.32 Å². The lowest BCUT2D eigenvalue weighted by molar-refractivity contribution is -0.139. The molecule has 8 heteroatoms. The summed E-state index contributed by atoms with van der Waals surface area (Å²) in [6.45, 7) is 4.86. The molecule has 0 bridgehead atoms. The van der Waals surface area contributed by atoms with Gasteiger partial charge in [-0.2, -0.15) is 0 Å². The number of rotatable bonds is 3. The predicted molar refractivity (Wildman–Crippen MR) is 74.2 cm³/mol. The van der Waals surface area contributed by atoms with E-state index in [9.17, 15) is 9.59 Å². The molecule has 1 aromatic rings. The largest absolute Gasteiger partial charge is 0.481 e. The maximum Gasteiger partial charge on any atom is 0.324 e. The van der Waals surface area contributed by atoms with Crippen LogP contribution in [0.2, 0.25) is 0 Å². The number of aromatic nitrogens is 1. The number of carbonyl (C=O) groups is 2. The van der Waals surface area contributed by atoms with Crippen LogP contribution in [0.1, 0.15) is 17.0 Å². The van der Waals surface area contributed by atoms with Gasteiger partial charge in [-0.1, -0.05) is 0 Å². The lowest BCUT2D eigenvalue weighted by Crippen LogP contribution is -2.51. The van der Waals surface area contributed by atoms with E-state index in [1.807, 2.05) is 13.8 Å². The number of amides is 2. The van der Waals surface area contributed by atoms with Crippen molar-refractivity contribution in [3.63, 3.8) is 0 Å². The molecule has 1 aliphatic rings. The Bertz CT molecular complexity index is 497. The predicted octanol–water partition coefficient (Wildman–Crippen LogP) is 1.47. The van der Waals surface area contributed by atoms with Gasteiger partial charge in [0.05, 0.1) is 31.4 Å². The standard InChI is InChI=1S/C12H17N3O4S/c1-7-8(2)20-11(13-7)14-12(18)15-3-4-19-6-9(15)5-10(16)17/h9H,3-6H2,1-2H3,(H,16,17)(H,13,14,18). The van der Waals surface area contributed by atoms with Gasteiger partial charge in [-0.25, -0.2) is 9.78 Å². The van der Waals surface area contributed by atoms with Crippen molar-refractivity contribution >= 4 is 28.5 Å². The van der Waals surface area contributed by atoms with Gasteiger partial charge in [-0.3, -0.25) is 10.1 Å². The van der Waals surface area contributed by atoms with Crippen LogP contribution in [0, 0.1) is 13.8 Å². The van der Waals surface area contributed by atoms with E-state index in [4.69, 9.17) is 9.84 Å². The van der Waals surface area contributed by atoms with Crippen molar-refractivity contribution in [2.75, 3.05) is 25.1 Å². The van der Waals surface area contributed by atoms with Crippen LogP contribution in [0.4, 0.5) is 9.93 Å². The molecule has 7 nitrogen and oxygen atoms in total. The number of ether oxygens (including phenoxy) is 1. The summed E-state index contributed by atoms with van der Waals surface area (Å²) < 4.78 is 5.24. The second-order valence-electron chi connectivity index (χ2n) is 4.61. The van der Waals surface area contributed by atoms with E-state index in [0.29, 0.717) is 18.3 Å². The third-order valence-corrected chi connectivity index (χ3v) is 4.13. The SMILES string of the molecule is Cc1nc(NC(=O)N2CCOCC2CC(=O)O)sc1C. The molecule has 1 saturated heterocycles. The van der Waals surface area contributed by atoms with E-state index in [2.05, 4.69) is 10.3 Å². The number of aryl methyl sites for hydroxylation is 2. The van der Waals surface area contributed by atoms with Gasteiger partial charge in [0.2, 0.25) is 0 Å². The van der Waals surface area contributed by atoms with Gasteiger partial charge in [0.1, 0.15) is 0 Å². The van der Waals surface area contributed by atoms with Crippen molar-refractivity contribution < 1.29 is 19.4 Å². The lowest BCUT2D eigenvalue weighted by atomic mass is 10.1. The fraction of sp³-hybridized carbons (Fsp3) is 0.583. The van der Waals surface area contributed by atoms with Crippen molar-refractivity contribution in [2.24, 2.45) is 0 Å². The first kappa shape index (κ1) is 14.7. The van der Waals surface area contributed by atoms with Crippen LogP contribution in [0.5, 0.6) is 0 Å². The zero-order valence-electron chi connectivity index (χ0n) is 11.4. The van der Waals surface area contributed by atoms with E-state index < -0.39 is 12.0 Å². The number of anilines is 1. The Morgan fingerprint density at radius 1 is 1.55 bits per heavy atom. The van der Waals surface area contributed by atoms with Crippen LogP contribution in [0.25, 0.3) is 0 Å². The minimum Gasteiger partial charge on any atom is -0.481 e. The second kappa shape index (κ2) is 6.19. The quantitative estimate of drug-likeness (QED) is 0.881. The van der Waals surface area contributed by atoms with Gasteiger partial charge in [-0.15, -0.1) is 11.3 Å². The van der Waals surface area contributed by atoms with Crippen LogP contribution in [0.3, 0.4) is 0 Å². The Morgan fingerprint density at radius 2 is 2.30 bits per heavy atom. The molecule has 1 fully saturated rings. The second-order valence-corrected chi connectivity index (χ2v) is 5.81. The number of hydrogen-bond acceptors (Lipinski definition) is 5. The number of urea groups is 1. The maximum atomic E-state index is 12.2. The van der Waals surface area contributed by atoms with Gasteiger partial charge in [0, 0.05) is 11.4 Å². The maximum absolute atomic E-state index is 12.2. The Kier molecular flexibility index (Phi) is 4.56. The number of nitrogens with zero attached hydrogens (tertiary/aromatic N) is 2. The van der Waals surface area contributed by atoms with Crippen LogP contribution in [-0.2, 0) is 9.53 Å². The third-order valence-electron chi connectivity index (χ3n) is 3.14.